The predicted molar refractivity (Wildman–Crippen MR) is 163 cm³/mol. The molecule has 228 valence electrons. The van der Waals surface area contributed by atoms with E-state index in [0.29, 0.717) is 30.1 Å². The number of hydrogen-bond donors (Lipinski definition) is 4. The number of carbonyl (C=O) groups is 4. The Morgan fingerprint density at radius 3 is 2.47 bits per heavy atom. The number of nitrogens with one attached hydrogen (secondary N) is 1. The molecule has 11 nitrogen and oxygen atoms in total. The number of nitrogens with zero attached hydrogens (tertiary/aromatic N) is 3. The summed E-state index contributed by atoms with van der Waals surface area (Å²) in [5.74, 6) is -3.86. The molecule has 43 heavy (non-hydrogen) atoms. The topological polar surface area (TPSA) is 151 Å². The molecule has 2 amide bonds. The van der Waals surface area contributed by atoms with Gasteiger partial charge in [0.15, 0.2) is 0 Å². The maximum atomic E-state index is 13.7. The van der Waals surface area contributed by atoms with Crippen molar-refractivity contribution in [3.8, 4) is 0 Å². The highest BCUT2D eigenvalue weighted by Gasteiger charge is 2.60. The van der Waals surface area contributed by atoms with E-state index in [2.05, 4.69) is 10.2 Å². The lowest BCUT2D eigenvalue weighted by Crippen LogP contribution is -2.63. The van der Waals surface area contributed by atoms with Crippen LogP contribution in [0.1, 0.15) is 36.2 Å². The molecule has 3 aliphatic heterocycles. The molecule has 0 radical (unpaired) electrons. The van der Waals surface area contributed by atoms with E-state index in [1.165, 1.54) is 28.8 Å². The molecule has 4 N–H and O–H groups in total. The molecule has 3 aliphatic rings. The smallest absolute Gasteiger partial charge is 0.353 e. The summed E-state index contributed by atoms with van der Waals surface area (Å²) in [5.41, 5.74) is 2.44. The van der Waals surface area contributed by atoms with E-state index in [1.807, 2.05) is 50.2 Å². The quantitative estimate of drug-likeness (QED) is 0.297. The second-order valence-corrected chi connectivity index (χ2v) is 12.9. The second-order valence-electron chi connectivity index (χ2n) is 11.6. The molecule has 0 aliphatic carbocycles. The first kappa shape index (κ1) is 30.6. The number of carbonyl (C=O) groups excluding carboxylic acids is 2. The zero-order chi connectivity index (χ0) is 31.2. The largest absolute Gasteiger partial charge is 0.478 e. The Kier molecular flexibility index (Phi) is 8.55. The molecule has 3 heterocycles. The third-order valence-electron chi connectivity index (χ3n) is 8.50. The maximum absolute atomic E-state index is 13.7. The minimum atomic E-state index is -1.18. The summed E-state index contributed by atoms with van der Waals surface area (Å²) in [6.07, 6.45) is -0.470. The summed E-state index contributed by atoms with van der Waals surface area (Å²) >= 11 is 1.39. The van der Waals surface area contributed by atoms with Gasteiger partial charge in [0.05, 0.1) is 29.7 Å². The second kappa shape index (κ2) is 12.0. The molecule has 2 aromatic carbocycles. The van der Waals surface area contributed by atoms with Gasteiger partial charge in [-0.2, -0.15) is 0 Å². The molecule has 12 heteroatoms. The number of aromatic carboxylic acids is 1. The number of anilines is 2. The SMILES string of the molecule is C[C@@H](O)[C@H]1C(=O)N2C(C(=O)O)=C(S[C@H]3C[C@@H](C(=O)Nc4cccc(C(=O)O)c4)N(Cc4ccccc4N(C)C)C3)[C@H](C)[C@H]12. The normalized spacial score (nSPS) is 25.7. The Balaban J connectivity index is 1.42. The average molecular weight is 609 g/mol. The number of likely N-dealkylation sites (tertiary alicyclic amines) is 1. The van der Waals surface area contributed by atoms with Gasteiger partial charge in [-0.3, -0.25) is 14.5 Å². The lowest BCUT2D eigenvalue weighted by molar-refractivity contribution is -0.163. The number of thioether (sulfide) groups is 1. The monoisotopic (exact) mass is 608 g/mol. The van der Waals surface area contributed by atoms with E-state index in [0.717, 1.165) is 11.3 Å². The summed E-state index contributed by atoms with van der Waals surface area (Å²) < 4.78 is 0. The molecule has 0 spiro atoms. The molecule has 0 bridgehead atoms. The fourth-order valence-electron chi connectivity index (χ4n) is 6.51. The van der Waals surface area contributed by atoms with Crippen molar-refractivity contribution >= 4 is 46.9 Å². The van der Waals surface area contributed by atoms with Crippen molar-refractivity contribution in [3.05, 3.63) is 70.3 Å². The van der Waals surface area contributed by atoms with Crippen LogP contribution in [-0.2, 0) is 20.9 Å². The summed E-state index contributed by atoms with van der Waals surface area (Å²) in [4.78, 5) is 56.3. The third-order valence-corrected chi connectivity index (χ3v) is 9.99. The minimum Gasteiger partial charge on any atom is -0.478 e. The minimum absolute atomic E-state index is 0.0349. The molecule has 6 atom stereocenters. The van der Waals surface area contributed by atoms with Gasteiger partial charge in [0.2, 0.25) is 11.8 Å². The number of aliphatic hydroxyl groups is 1. The highest BCUT2D eigenvalue weighted by molar-refractivity contribution is 8.03. The number of carboxylic acid groups (broad SMARTS) is 2. The van der Waals surface area contributed by atoms with Crippen LogP contribution < -0.4 is 10.2 Å². The zero-order valence-corrected chi connectivity index (χ0v) is 25.2. The molecular weight excluding hydrogens is 572 g/mol. The van der Waals surface area contributed by atoms with Gasteiger partial charge in [-0.05, 0) is 43.2 Å². The van der Waals surface area contributed by atoms with Crippen LogP contribution in [0.3, 0.4) is 0 Å². The van der Waals surface area contributed by atoms with Crippen LogP contribution in [0.25, 0.3) is 0 Å². The highest BCUT2D eigenvalue weighted by Crippen LogP contribution is 2.52. The first-order valence-electron chi connectivity index (χ1n) is 14.2. The van der Waals surface area contributed by atoms with E-state index in [1.54, 1.807) is 19.1 Å². The summed E-state index contributed by atoms with van der Waals surface area (Å²) in [6, 6.07) is 13.0. The van der Waals surface area contributed by atoms with Gasteiger partial charge in [0, 0.05) is 54.6 Å². The van der Waals surface area contributed by atoms with E-state index in [4.69, 9.17) is 0 Å². The Morgan fingerprint density at radius 1 is 1.09 bits per heavy atom. The number of β-lactam (4-membered cyclic amide) rings is 1. The highest BCUT2D eigenvalue weighted by atomic mass is 32.2. The van der Waals surface area contributed by atoms with Gasteiger partial charge in [0.25, 0.3) is 0 Å². The van der Waals surface area contributed by atoms with E-state index >= 15 is 0 Å². The van der Waals surface area contributed by atoms with Crippen LogP contribution in [0.5, 0.6) is 0 Å². The Bertz CT molecular complexity index is 1490. The van der Waals surface area contributed by atoms with Crippen molar-refractivity contribution in [2.75, 3.05) is 30.9 Å². The van der Waals surface area contributed by atoms with Crippen molar-refractivity contribution in [2.45, 2.75) is 50.3 Å². The van der Waals surface area contributed by atoms with E-state index in [9.17, 15) is 34.5 Å². The maximum Gasteiger partial charge on any atom is 0.353 e. The zero-order valence-electron chi connectivity index (χ0n) is 24.4. The van der Waals surface area contributed by atoms with Crippen LogP contribution >= 0.6 is 11.8 Å². The molecule has 0 aromatic heterocycles. The Hall–Kier alpha value is -3.87. The number of benzene rings is 2. The van der Waals surface area contributed by atoms with Crippen LogP contribution in [0, 0.1) is 11.8 Å². The number of aliphatic carboxylic acids is 1. The standard InChI is InChI=1S/C31H36N4O7S/c1-16-25-24(17(2)36)29(38)35(25)26(31(41)42)27(16)43-21-13-23(28(37)32-20-10-7-9-18(12-20)30(39)40)34(15-21)14-19-8-5-6-11-22(19)33(3)4/h5-12,16-17,21,23-25,36H,13-15H2,1-4H3,(H,32,37)(H,39,40)(H,41,42)/t16-,17-,21+,23+,24-,25-/m1/s1. The number of carboxylic acids is 2. The molecule has 2 aromatic rings. The first-order chi connectivity index (χ1) is 20.4. The molecular formula is C31H36N4O7S. The van der Waals surface area contributed by atoms with Crippen molar-refractivity contribution in [3.63, 3.8) is 0 Å². The van der Waals surface area contributed by atoms with Crippen molar-refractivity contribution in [2.24, 2.45) is 11.8 Å². The van der Waals surface area contributed by atoms with Gasteiger partial charge < -0.3 is 30.4 Å². The fourth-order valence-corrected chi connectivity index (χ4v) is 8.06. The number of rotatable bonds is 10. The summed E-state index contributed by atoms with van der Waals surface area (Å²) in [6.45, 7) is 4.39. The van der Waals surface area contributed by atoms with Crippen molar-refractivity contribution in [1.29, 1.82) is 0 Å². The molecule has 5 rings (SSSR count). The molecule has 0 unspecified atom stereocenters. The predicted octanol–water partition coefficient (Wildman–Crippen LogP) is 2.92. The van der Waals surface area contributed by atoms with Crippen LogP contribution in [0.4, 0.5) is 11.4 Å². The fraction of sp³-hybridized carbons (Fsp3) is 0.419. The summed E-state index contributed by atoms with van der Waals surface area (Å²) in [5, 5.41) is 32.4. The summed E-state index contributed by atoms with van der Waals surface area (Å²) in [7, 11) is 3.90. The van der Waals surface area contributed by atoms with Gasteiger partial charge in [-0.1, -0.05) is 31.2 Å². The molecule has 0 saturated carbocycles. The van der Waals surface area contributed by atoms with Crippen LogP contribution in [0.2, 0.25) is 0 Å². The first-order valence-corrected chi connectivity index (χ1v) is 15.1. The number of amides is 2. The van der Waals surface area contributed by atoms with Gasteiger partial charge in [-0.25, -0.2) is 9.59 Å². The lowest BCUT2D eigenvalue weighted by atomic mass is 9.79. The Morgan fingerprint density at radius 2 is 1.81 bits per heavy atom. The third kappa shape index (κ3) is 5.74. The lowest BCUT2D eigenvalue weighted by Gasteiger charge is -2.46. The number of aliphatic hydroxyl groups excluding tert-OH is 1. The van der Waals surface area contributed by atoms with E-state index in [-0.39, 0.29) is 34.2 Å². The number of hydrogen-bond acceptors (Lipinski definition) is 8. The number of fused-ring (bicyclic) bond motifs is 1. The van der Waals surface area contributed by atoms with Crippen LogP contribution in [-0.4, -0.2) is 93.0 Å². The Labute approximate surface area is 254 Å². The van der Waals surface area contributed by atoms with Gasteiger partial charge in [-0.15, -0.1) is 11.8 Å². The van der Waals surface area contributed by atoms with Gasteiger partial charge >= 0.3 is 11.9 Å². The van der Waals surface area contributed by atoms with Crippen LogP contribution in [0.15, 0.2) is 59.1 Å². The van der Waals surface area contributed by atoms with Gasteiger partial charge in [0.1, 0.15) is 5.70 Å². The molecule has 2 saturated heterocycles. The molecule has 2 fully saturated rings. The van der Waals surface area contributed by atoms with Crippen molar-refractivity contribution in [1.82, 2.24) is 9.80 Å². The van der Waals surface area contributed by atoms with Crippen molar-refractivity contribution < 1.29 is 34.5 Å². The average Bonchev–Trinajstić information content (AvgIpc) is 3.45. The number of para-hydroxylation sites is 1. The van der Waals surface area contributed by atoms with E-state index < -0.39 is 36.0 Å².